The molecule has 0 saturated carbocycles. The Morgan fingerprint density at radius 3 is 0.897 bits per heavy atom. The van der Waals surface area contributed by atoms with Gasteiger partial charge in [-0.15, -0.1) is 0 Å². The molecule has 0 aliphatic rings. The third-order valence-corrected chi connectivity index (χ3v) is 11.5. The molecule has 6 heteroatoms. The third-order valence-electron chi connectivity index (χ3n) is 11.5. The standard InChI is InChI=1S/C62H102O6/c1-4-7-10-13-16-19-21-23-24-25-26-27-28-29-30-31-32-33-34-35-36-37-38-40-41-43-46-49-52-55-61(64)67-58-59(57-66-60(63)54-51-48-45-18-15-12-9-6-3)68-62(65)56-53-50-47-44-42-39-22-20-17-14-11-8-5-2/h7,10,16,19,23-24,26-27,29-30,32-33,35-36,38,40,43,46,59H,4-6,8-9,11-15,17-18,20-22,25,28,31,34,37,39,41-42,44-45,47-58H2,1-3H3/b10-7-,19-16-,24-23-,27-26-,30-29-,33-32-,36-35-,40-38-,46-43-. The van der Waals surface area contributed by atoms with Gasteiger partial charge in [0.05, 0.1) is 0 Å². The first kappa shape index (κ1) is 64.1. The molecule has 0 radical (unpaired) electrons. The fourth-order valence-corrected chi connectivity index (χ4v) is 7.38. The Morgan fingerprint density at radius 1 is 0.309 bits per heavy atom. The SMILES string of the molecule is CC/C=C\C/C=C\C/C=C\C/C=C\C/C=C\C/C=C\C/C=C\C/C=C\C/C=C\CCCC(=O)OCC(COC(=O)CCCCCCCCCC)OC(=O)CCCCCCCCCCCCCCC. The molecule has 386 valence electrons. The van der Waals surface area contributed by atoms with E-state index < -0.39 is 6.10 Å². The summed E-state index contributed by atoms with van der Waals surface area (Å²) >= 11 is 0. The minimum Gasteiger partial charge on any atom is -0.462 e. The van der Waals surface area contributed by atoms with Gasteiger partial charge in [-0.05, 0) is 83.5 Å². The molecular weight excluding hydrogens is 841 g/mol. The van der Waals surface area contributed by atoms with E-state index in [4.69, 9.17) is 14.2 Å². The first-order valence-electron chi connectivity index (χ1n) is 27.9. The second-order valence-electron chi connectivity index (χ2n) is 18.1. The summed E-state index contributed by atoms with van der Waals surface area (Å²) in [4.78, 5) is 37.9. The maximum absolute atomic E-state index is 12.8. The Hall–Kier alpha value is -3.93. The van der Waals surface area contributed by atoms with E-state index >= 15 is 0 Å². The highest BCUT2D eigenvalue weighted by atomic mass is 16.6. The number of unbranched alkanes of at least 4 members (excludes halogenated alkanes) is 20. The number of hydrogen-bond acceptors (Lipinski definition) is 6. The van der Waals surface area contributed by atoms with Crippen LogP contribution < -0.4 is 0 Å². The highest BCUT2D eigenvalue weighted by Gasteiger charge is 2.19. The van der Waals surface area contributed by atoms with Crippen LogP contribution in [0, 0.1) is 0 Å². The molecule has 0 heterocycles. The molecule has 0 aromatic heterocycles. The number of hydrogen-bond donors (Lipinski definition) is 0. The largest absolute Gasteiger partial charge is 0.462 e. The molecular formula is C62H102O6. The van der Waals surface area contributed by atoms with Crippen molar-refractivity contribution in [3.05, 3.63) is 109 Å². The quantitative estimate of drug-likeness (QED) is 0.0262. The van der Waals surface area contributed by atoms with Crippen LogP contribution in [0.1, 0.15) is 245 Å². The Kier molecular flexibility index (Phi) is 52.4. The smallest absolute Gasteiger partial charge is 0.306 e. The zero-order valence-corrected chi connectivity index (χ0v) is 44.1. The van der Waals surface area contributed by atoms with E-state index in [9.17, 15) is 14.4 Å². The summed E-state index contributed by atoms with van der Waals surface area (Å²) in [7, 11) is 0. The first-order chi connectivity index (χ1) is 33.5. The molecule has 0 aromatic rings. The van der Waals surface area contributed by atoms with E-state index in [0.29, 0.717) is 19.3 Å². The van der Waals surface area contributed by atoms with Crippen LogP contribution in [0.5, 0.6) is 0 Å². The molecule has 0 rings (SSSR count). The van der Waals surface area contributed by atoms with Crippen molar-refractivity contribution < 1.29 is 28.6 Å². The van der Waals surface area contributed by atoms with Crippen LogP contribution in [0.4, 0.5) is 0 Å². The summed E-state index contributed by atoms with van der Waals surface area (Å²) in [6.07, 6.45) is 75.3. The topological polar surface area (TPSA) is 78.9 Å². The predicted octanol–water partition coefficient (Wildman–Crippen LogP) is 18.7. The normalized spacial score (nSPS) is 12.9. The predicted molar refractivity (Wildman–Crippen MR) is 293 cm³/mol. The summed E-state index contributed by atoms with van der Waals surface area (Å²) in [6.45, 7) is 6.44. The summed E-state index contributed by atoms with van der Waals surface area (Å²) in [5.74, 6) is -0.962. The Morgan fingerprint density at radius 2 is 0.574 bits per heavy atom. The van der Waals surface area contributed by atoms with Gasteiger partial charge in [-0.25, -0.2) is 0 Å². The van der Waals surface area contributed by atoms with Crippen molar-refractivity contribution >= 4 is 17.9 Å². The van der Waals surface area contributed by atoms with E-state index in [1.165, 1.54) is 96.3 Å². The number of rotatable bonds is 49. The van der Waals surface area contributed by atoms with Gasteiger partial charge in [-0.2, -0.15) is 0 Å². The van der Waals surface area contributed by atoms with Crippen molar-refractivity contribution in [1.29, 1.82) is 0 Å². The van der Waals surface area contributed by atoms with E-state index in [2.05, 4.69) is 130 Å². The van der Waals surface area contributed by atoms with Crippen molar-refractivity contribution in [2.45, 2.75) is 252 Å². The van der Waals surface area contributed by atoms with E-state index in [-0.39, 0.29) is 37.5 Å². The summed E-state index contributed by atoms with van der Waals surface area (Å²) in [5.41, 5.74) is 0. The highest BCUT2D eigenvalue weighted by molar-refractivity contribution is 5.71. The van der Waals surface area contributed by atoms with Crippen LogP contribution in [0.2, 0.25) is 0 Å². The van der Waals surface area contributed by atoms with Gasteiger partial charge in [-0.3, -0.25) is 14.4 Å². The monoisotopic (exact) mass is 943 g/mol. The lowest BCUT2D eigenvalue weighted by Gasteiger charge is -2.18. The van der Waals surface area contributed by atoms with Gasteiger partial charge < -0.3 is 14.2 Å². The number of esters is 3. The fraction of sp³-hybridized carbons (Fsp3) is 0.661. The highest BCUT2D eigenvalue weighted by Crippen LogP contribution is 2.15. The van der Waals surface area contributed by atoms with Gasteiger partial charge in [0.15, 0.2) is 6.10 Å². The van der Waals surface area contributed by atoms with Crippen molar-refractivity contribution in [2.24, 2.45) is 0 Å². The second-order valence-corrected chi connectivity index (χ2v) is 18.1. The number of allylic oxidation sites excluding steroid dienone is 18. The fourth-order valence-electron chi connectivity index (χ4n) is 7.38. The average molecular weight is 943 g/mol. The lowest BCUT2D eigenvalue weighted by molar-refractivity contribution is -0.167. The molecule has 0 spiro atoms. The molecule has 0 amide bonds. The summed E-state index contributed by atoms with van der Waals surface area (Å²) in [5, 5.41) is 0. The zero-order valence-electron chi connectivity index (χ0n) is 44.1. The van der Waals surface area contributed by atoms with Gasteiger partial charge in [-0.1, -0.05) is 252 Å². The van der Waals surface area contributed by atoms with Crippen LogP contribution >= 0.6 is 0 Å². The van der Waals surface area contributed by atoms with Crippen LogP contribution in [0.15, 0.2) is 109 Å². The molecule has 0 bridgehead atoms. The molecule has 0 fully saturated rings. The molecule has 68 heavy (non-hydrogen) atoms. The van der Waals surface area contributed by atoms with Gasteiger partial charge in [0.25, 0.3) is 0 Å². The molecule has 1 unspecified atom stereocenters. The second kappa shape index (κ2) is 55.7. The molecule has 0 saturated heterocycles. The minimum atomic E-state index is -0.797. The maximum Gasteiger partial charge on any atom is 0.306 e. The van der Waals surface area contributed by atoms with Crippen molar-refractivity contribution in [1.82, 2.24) is 0 Å². The molecule has 0 N–H and O–H groups in total. The number of ether oxygens (including phenoxy) is 3. The van der Waals surface area contributed by atoms with Crippen molar-refractivity contribution in [3.63, 3.8) is 0 Å². The summed E-state index contributed by atoms with van der Waals surface area (Å²) in [6, 6.07) is 0. The molecule has 1 atom stereocenters. The lowest BCUT2D eigenvalue weighted by Crippen LogP contribution is -2.30. The zero-order chi connectivity index (χ0) is 49.3. The Labute approximate surface area is 419 Å². The first-order valence-corrected chi connectivity index (χ1v) is 27.9. The number of carbonyl (C=O) groups excluding carboxylic acids is 3. The van der Waals surface area contributed by atoms with Crippen LogP contribution in [0.25, 0.3) is 0 Å². The van der Waals surface area contributed by atoms with Crippen molar-refractivity contribution in [3.8, 4) is 0 Å². The van der Waals surface area contributed by atoms with Gasteiger partial charge >= 0.3 is 17.9 Å². The third kappa shape index (κ3) is 53.0. The van der Waals surface area contributed by atoms with Crippen LogP contribution in [-0.4, -0.2) is 37.2 Å². The van der Waals surface area contributed by atoms with Gasteiger partial charge in [0.1, 0.15) is 13.2 Å². The Bertz CT molecular complexity index is 1410. The molecule has 0 aliphatic heterocycles. The number of carbonyl (C=O) groups is 3. The molecule has 6 nitrogen and oxygen atoms in total. The van der Waals surface area contributed by atoms with Crippen LogP contribution in [0.3, 0.4) is 0 Å². The van der Waals surface area contributed by atoms with Crippen molar-refractivity contribution in [2.75, 3.05) is 13.2 Å². The lowest BCUT2D eigenvalue weighted by atomic mass is 10.0. The average Bonchev–Trinajstić information content (AvgIpc) is 3.34. The Balaban J connectivity index is 4.32. The van der Waals surface area contributed by atoms with E-state index in [1.54, 1.807) is 0 Å². The van der Waals surface area contributed by atoms with E-state index in [1.807, 2.05) is 0 Å². The van der Waals surface area contributed by atoms with Gasteiger partial charge in [0, 0.05) is 19.3 Å². The van der Waals surface area contributed by atoms with E-state index in [0.717, 1.165) is 103 Å². The van der Waals surface area contributed by atoms with Crippen LogP contribution in [-0.2, 0) is 28.6 Å². The van der Waals surface area contributed by atoms with Gasteiger partial charge in [0.2, 0.25) is 0 Å². The summed E-state index contributed by atoms with van der Waals surface area (Å²) < 4.78 is 16.7. The maximum atomic E-state index is 12.8. The molecule has 0 aliphatic carbocycles. The minimum absolute atomic E-state index is 0.0942. The molecule has 0 aromatic carbocycles.